The van der Waals surface area contributed by atoms with E-state index in [1.165, 1.54) is 18.4 Å². The molecule has 25 heavy (non-hydrogen) atoms. The highest BCUT2D eigenvalue weighted by atomic mass is 79.9. The van der Waals surface area contributed by atoms with Crippen molar-refractivity contribution in [3.63, 3.8) is 0 Å². The molecular weight excluding hydrogens is 402 g/mol. The van der Waals surface area contributed by atoms with Crippen molar-refractivity contribution in [2.75, 3.05) is 12.5 Å². The van der Waals surface area contributed by atoms with Gasteiger partial charge in [-0.15, -0.1) is 11.3 Å². The summed E-state index contributed by atoms with van der Waals surface area (Å²) in [6.07, 6.45) is 1.57. The zero-order valence-electron chi connectivity index (χ0n) is 13.3. The SMILES string of the molecule is COC(=O)c1c(Br)cccc1C=NNc1nc(-c2ccccc2)cs1. The number of benzene rings is 2. The van der Waals surface area contributed by atoms with Gasteiger partial charge in [-0.05, 0) is 22.0 Å². The molecule has 5 nitrogen and oxygen atoms in total. The highest BCUT2D eigenvalue weighted by Crippen LogP contribution is 2.25. The Kier molecular flexibility index (Phi) is 5.57. The van der Waals surface area contributed by atoms with Gasteiger partial charge in [0, 0.05) is 21.0 Å². The molecule has 2 aromatic carbocycles. The number of hydrazone groups is 1. The number of aromatic nitrogens is 1. The Hall–Kier alpha value is -2.51. The highest BCUT2D eigenvalue weighted by Gasteiger charge is 2.14. The van der Waals surface area contributed by atoms with Crippen LogP contribution in [0, 0.1) is 0 Å². The highest BCUT2D eigenvalue weighted by molar-refractivity contribution is 9.10. The number of hydrogen-bond acceptors (Lipinski definition) is 6. The molecule has 0 aliphatic heterocycles. The number of rotatable bonds is 5. The molecule has 0 amide bonds. The molecule has 0 aliphatic carbocycles. The van der Waals surface area contributed by atoms with E-state index in [1.54, 1.807) is 18.3 Å². The summed E-state index contributed by atoms with van der Waals surface area (Å²) in [5.74, 6) is -0.422. The van der Waals surface area contributed by atoms with E-state index in [1.807, 2.05) is 41.8 Å². The summed E-state index contributed by atoms with van der Waals surface area (Å²) < 4.78 is 5.47. The van der Waals surface area contributed by atoms with E-state index in [-0.39, 0.29) is 0 Å². The summed E-state index contributed by atoms with van der Waals surface area (Å²) in [5.41, 5.74) is 5.91. The van der Waals surface area contributed by atoms with Gasteiger partial charge >= 0.3 is 5.97 Å². The average molecular weight is 416 g/mol. The fourth-order valence-corrected chi connectivity index (χ4v) is 3.40. The van der Waals surface area contributed by atoms with E-state index in [0.717, 1.165) is 11.3 Å². The molecule has 7 heteroatoms. The number of nitrogens with one attached hydrogen (secondary N) is 1. The lowest BCUT2D eigenvalue weighted by molar-refractivity contribution is 0.0599. The number of ether oxygens (including phenoxy) is 1. The van der Waals surface area contributed by atoms with Crippen LogP contribution < -0.4 is 5.43 Å². The maximum Gasteiger partial charge on any atom is 0.339 e. The molecule has 1 heterocycles. The Labute approximate surface area is 157 Å². The van der Waals surface area contributed by atoms with Crippen LogP contribution in [-0.2, 0) is 4.74 Å². The molecule has 0 radical (unpaired) electrons. The molecular formula is C18H14BrN3O2S. The second kappa shape index (κ2) is 8.04. The molecule has 3 aromatic rings. The van der Waals surface area contributed by atoms with Crippen LogP contribution in [-0.4, -0.2) is 24.3 Å². The summed E-state index contributed by atoms with van der Waals surface area (Å²) >= 11 is 4.82. The van der Waals surface area contributed by atoms with E-state index in [0.29, 0.717) is 20.7 Å². The lowest BCUT2D eigenvalue weighted by atomic mass is 10.1. The molecule has 126 valence electrons. The largest absolute Gasteiger partial charge is 0.465 e. The summed E-state index contributed by atoms with van der Waals surface area (Å²) in [7, 11) is 1.35. The van der Waals surface area contributed by atoms with Crippen LogP contribution in [0.2, 0.25) is 0 Å². The quantitative estimate of drug-likeness (QED) is 0.369. The van der Waals surface area contributed by atoms with Gasteiger partial charge in [-0.25, -0.2) is 9.78 Å². The lowest BCUT2D eigenvalue weighted by Crippen LogP contribution is -2.07. The molecule has 0 fully saturated rings. The Morgan fingerprint density at radius 3 is 2.80 bits per heavy atom. The van der Waals surface area contributed by atoms with Crippen molar-refractivity contribution in [1.82, 2.24) is 4.98 Å². The number of carbonyl (C=O) groups excluding carboxylic acids is 1. The van der Waals surface area contributed by atoms with Crippen molar-refractivity contribution in [1.29, 1.82) is 0 Å². The van der Waals surface area contributed by atoms with Gasteiger partial charge in [-0.3, -0.25) is 5.43 Å². The number of halogens is 1. The number of hydrogen-bond donors (Lipinski definition) is 1. The van der Waals surface area contributed by atoms with Gasteiger partial charge in [0.1, 0.15) is 0 Å². The molecule has 0 spiro atoms. The Morgan fingerprint density at radius 2 is 2.04 bits per heavy atom. The second-order valence-electron chi connectivity index (χ2n) is 4.97. The average Bonchev–Trinajstić information content (AvgIpc) is 3.11. The molecule has 0 aliphatic rings. The fourth-order valence-electron chi connectivity index (χ4n) is 2.19. The molecule has 0 saturated heterocycles. The first kappa shape index (κ1) is 17.3. The maximum absolute atomic E-state index is 11.9. The molecule has 0 saturated carbocycles. The minimum Gasteiger partial charge on any atom is -0.465 e. The van der Waals surface area contributed by atoms with Crippen LogP contribution in [0.4, 0.5) is 5.13 Å². The van der Waals surface area contributed by atoms with Crippen LogP contribution in [0.1, 0.15) is 15.9 Å². The number of thiazole rings is 1. The molecule has 0 atom stereocenters. The third kappa shape index (κ3) is 4.12. The zero-order chi connectivity index (χ0) is 17.6. The lowest BCUT2D eigenvalue weighted by Gasteiger charge is -2.05. The number of methoxy groups -OCH3 is 1. The summed E-state index contributed by atoms with van der Waals surface area (Å²) in [5, 5.41) is 6.82. The maximum atomic E-state index is 11.9. The molecule has 0 bridgehead atoms. The normalized spacial score (nSPS) is 10.8. The van der Waals surface area contributed by atoms with Crippen molar-refractivity contribution in [2.45, 2.75) is 0 Å². The van der Waals surface area contributed by atoms with Gasteiger partial charge in [0.25, 0.3) is 0 Å². The molecule has 1 aromatic heterocycles. The monoisotopic (exact) mass is 415 g/mol. The fraction of sp³-hybridized carbons (Fsp3) is 0.0556. The topological polar surface area (TPSA) is 63.6 Å². The Bertz CT molecular complexity index is 910. The number of nitrogens with zero attached hydrogens (tertiary/aromatic N) is 2. The summed E-state index contributed by atoms with van der Waals surface area (Å²) in [6.45, 7) is 0. The van der Waals surface area contributed by atoms with E-state index < -0.39 is 5.97 Å². The standard InChI is InChI=1S/C18H14BrN3O2S/c1-24-17(23)16-13(8-5-9-14(16)19)10-20-22-18-21-15(11-25-18)12-6-3-2-4-7-12/h2-11H,1H3,(H,21,22). The summed E-state index contributed by atoms with van der Waals surface area (Å²) in [4.78, 5) is 16.4. The minimum atomic E-state index is -0.422. The first-order chi connectivity index (χ1) is 12.2. The first-order valence-electron chi connectivity index (χ1n) is 7.36. The second-order valence-corrected chi connectivity index (χ2v) is 6.68. The number of anilines is 1. The van der Waals surface area contributed by atoms with E-state index >= 15 is 0 Å². The van der Waals surface area contributed by atoms with E-state index in [4.69, 9.17) is 4.74 Å². The molecule has 0 unspecified atom stereocenters. The van der Waals surface area contributed by atoms with Crippen molar-refractivity contribution in [2.24, 2.45) is 5.10 Å². The van der Waals surface area contributed by atoms with Crippen LogP contribution in [0.15, 0.2) is 63.5 Å². The van der Waals surface area contributed by atoms with Gasteiger partial charge in [-0.1, -0.05) is 42.5 Å². The zero-order valence-corrected chi connectivity index (χ0v) is 15.7. The van der Waals surface area contributed by atoms with Crippen LogP contribution in [0.5, 0.6) is 0 Å². The third-order valence-corrected chi connectivity index (χ3v) is 4.78. The van der Waals surface area contributed by atoms with Crippen molar-refractivity contribution in [3.05, 3.63) is 69.5 Å². The predicted molar refractivity (Wildman–Crippen MR) is 104 cm³/mol. The summed E-state index contributed by atoms with van der Waals surface area (Å²) in [6, 6.07) is 15.3. The minimum absolute atomic E-state index is 0.422. The predicted octanol–water partition coefficient (Wildman–Crippen LogP) is 4.81. The van der Waals surface area contributed by atoms with Crippen LogP contribution >= 0.6 is 27.3 Å². The Morgan fingerprint density at radius 1 is 1.24 bits per heavy atom. The van der Waals surface area contributed by atoms with Crippen molar-refractivity contribution >= 4 is 44.6 Å². The molecule has 1 N–H and O–H groups in total. The van der Waals surface area contributed by atoms with Gasteiger partial charge in [0.2, 0.25) is 5.13 Å². The Balaban J connectivity index is 1.76. The van der Waals surface area contributed by atoms with Gasteiger partial charge in [0.05, 0.1) is 24.6 Å². The van der Waals surface area contributed by atoms with E-state index in [2.05, 4.69) is 31.4 Å². The van der Waals surface area contributed by atoms with E-state index in [9.17, 15) is 4.79 Å². The van der Waals surface area contributed by atoms with Gasteiger partial charge in [0.15, 0.2) is 0 Å². The molecule has 3 rings (SSSR count). The van der Waals surface area contributed by atoms with Crippen molar-refractivity contribution < 1.29 is 9.53 Å². The number of carbonyl (C=O) groups is 1. The number of esters is 1. The van der Waals surface area contributed by atoms with Crippen LogP contribution in [0.25, 0.3) is 11.3 Å². The van der Waals surface area contributed by atoms with Crippen molar-refractivity contribution in [3.8, 4) is 11.3 Å². The van der Waals surface area contributed by atoms with Crippen LogP contribution in [0.3, 0.4) is 0 Å². The van der Waals surface area contributed by atoms with Gasteiger partial charge < -0.3 is 4.74 Å². The van der Waals surface area contributed by atoms with Gasteiger partial charge in [-0.2, -0.15) is 5.10 Å². The smallest absolute Gasteiger partial charge is 0.339 e. The third-order valence-electron chi connectivity index (χ3n) is 3.37. The first-order valence-corrected chi connectivity index (χ1v) is 9.03.